The van der Waals surface area contributed by atoms with Gasteiger partial charge in [-0.25, -0.2) is 0 Å². The molecule has 0 saturated carbocycles. The van der Waals surface area contributed by atoms with Crippen LogP contribution in [0.5, 0.6) is 5.75 Å². The Bertz CT molecular complexity index is 739. The van der Waals surface area contributed by atoms with E-state index >= 15 is 0 Å². The van der Waals surface area contributed by atoms with Crippen LogP contribution in [-0.2, 0) is 6.54 Å². The van der Waals surface area contributed by atoms with Crippen LogP contribution in [0.4, 0.5) is 0 Å². The largest absolute Gasteiger partial charge is 0.503 e. The van der Waals surface area contributed by atoms with Crippen molar-refractivity contribution in [3.63, 3.8) is 0 Å². The summed E-state index contributed by atoms with van der Waals surface area (Å²) in [5.41, 5.74) is 1.82. The second-order valence-corrected chi connectivity index (χ2v) is 6.82. The highest BCUT2D eigenvalue weighted by molar-refractivity contribution is 5.26. The molecule has 2 unspecified atom stereocenters. The molecule has 2 heterocycles. The minimum absolute atomic E-state index is 0.0628. The lowest BCUT2D eigenvalue weighted by Gasteiger charge is -2.34. The summed E-state index contributed by atoms with van der Waals surface area (Å²) in [5, 5.41) is 9.93. The Morgan fingerprint density at radius 2 is 2.00 bits per heavy atom. The summed E-state index contributed by atoms with van der Waals surface area (Å²) in [6, 6.07) is 12.4. The number of aromatic hydroxyl groups is 1. The van der Waals surface area contributed by atoms with E-state index in [2.05, 4.69) is 30.9 Å². The zero-order chi connectivity index (χ0) is 17.1. The van der Waals surface area contributed by atoms with Crippen LogP contribution >= 0.6 is 0 Å². The first-order chi connectivity index (χ1) is 11.6. The SMILES string of the molecule is CC1CCCCN1Cc1cc(=O)c(O)cn1C(C)c1ccccc1. The van der Waals surface area contributed by atoms with Gasteiger partial charge in [0, 0.05) is 24.3 Å². The van der Waals surface area contributed by atoms with Crippen molar-refractivity contribution in [2.45, 2.75) is 51.7 Å². The number of pyridine rings is 1. The van der Waals surface area contributed by atoms with Crippen molar-refractivity contribution in [1.29, 1.82) is 0 Å². The number of piperidine rings is 1. The van der Waals surface area contributed by atoms with E-state index in [9.17, 15) is 9.90 Å². The van der Waals surface area contributed by atoms with Gasteiger partial charge in [0.05, 0.1) is 12.2 Å². The molecule has 4 nitrogen and oxygen atoms in total. The van der Waals surface area contributed by atoms with Gasteiger partial charge in [-0.3, -0.25) is 9.69 Å². The van der Waals surface area contributed by atoms with Gasteiger partial charge in [-0.05, 0) is 38.8 Å². The van der Waals surface area contributed by atoms with Crippen molar-refractivity contribution >= 4 is 0 Å². The van der Waals surface area contributed by atoms with Gasteiger partial charge in [0.1, 0.15) is 0 Å². The molecule has 1 aromatic carbocycles. The quantitative estimate of drug-likeness (QED) is 0.935. The molecule has 0 radical (unpaired) electrons. The van der Waals surface area contributed by atoms with Gasteiger partial charge in [0.25, 0.3) is 0 Å². The molecule has 2 aromatic rings. The average molecular weight is 326 g/mol. The van der Waals surface area contributed by atoms with E-state index in [-0.39, 0.29) is 17.2 Å². The molecule has 3 rings (SSSR count). The number of rotatable bonds is 4. The maximum absolute atomic E-state index is 12.0. The maximum Gasteiger partial charge on any atom is 0.223 e. The lowest BCUT2D eigenvalue weighted by Crippen LogP contribution is -2.38. The standard InChI is InChI=1S/C20H26N2O2/c1-15-8-6-7-11-21(15)13-18-12-19(23)20(24)14-22(18)16(2)17-9-4-3-5-10-17/h3-5,9-10,12,14-16,24H,6-8,11,13H2,1-2H3. The summed E-state index contributed by atoms with van der Waals surface area (Å²) in [5.74, 6) is -0.187. The molecule has 24 heavy (non-hydrogen) atoms. The average Bonchev–Trinajstić information content (AvgIpc) is 2.60. The van der Waals surface area contributed by atoms with Crippen LogP contribution in [0.3, 0.4) is 0 Å². The van der Waals surface area contributed by atoms with E-state index in [1.807, 2.05) is 22.8 Å². The molecule has 0 aliphatic carbocycles. The first kappa shape index (κ1) is 16.8. The fourth-order valence-electron chi connectivity index (χ4n) is 3.56. The number of benzene rings is 1. The fraction of sp³-hybridized carbons (Fsp3) is 0.450. The predicted octanol–water partition coefficient (Wildman–Crippen LogP) is 3.54. The van der Waals surface area contributed by atoms with Crippen molar-refractivity contribution in [2.75, 3.05) is 6.54 Å². The van der Waals surface area contributed by atoms with E-state index in [1.54, 1.807) is 12.3 Å². The van der Waals surface area contributed by atoms with Crippen LogP contribution in [-0.4, -0.2) is 27.2 Å². The summed E-state index contributed by atoms with van der Waals surface area (Å²) in [4.78, 5) is 14.4. The topological polar surface area (TPSA) is 45.5 Å². The summed E-state index contributed by atoms with van der Waals surface area (Å²) in [6.45, 7) is 6.16. The van der Waals surface area contributed by atoms with Crippen LogP contribution in [0.1, 0.15) is 50.4 Å². The van der Waals surface area contributed by atoms with Gasteiger partial charge in [-0.15, -0.1) is 0 Å². The molecule has 1 aliphatic heterocycles. The van der Waals surface area contributed by atoms with Gasteiger partial charge in [-0.2, -0.15) is 0 Å². The Balaban J connectivity index is 1.95. The molecule has 4 heteroatoms. The number of nitrogens with zero attached hydrogens (tertiary/aromatic N) is 2. The number of hydrogen-bond acceptors (Lipinski definition) is 3. The Kier molecular flexibility index (Phi) is 5.05. The zero-order valence-electron chi connectivity index (χ0n) is 14.5. The molecule has 2 atom stereocenters. The number of aromatic nitrogens is 1. The molecule has 1 fully saturated rings. The van der Waals surface area contributed by atoms with E-state index in [0.29, 0.717) is 6.04 Å². The smallest absolute Gasteiger partial charge is 0.223 e. The summed E-state index contributed by atoms with van der Waals surface area (Å²) in [6.07, 6.45) is 5.28. The first-order valence-electron chi connectivity index (χ1n) is 8.79. The van der Waals surface area contributed by atoms with E-state index < -0.39 is 0 Å². The molecule has 1 aliphatic rings. The minimum Gasteiger partial charge on any atom is -0.503 e. The Morgan fingerprint density at radius 3 is 2.71 bits per heavy atom. The van der Waals surface area contributed by atoms with Crippen LogP contribution in [0, 0.1) is 0 Å². The van der Waals surface area contributed by atoms with Crippen LogP contribution in [0.2, 0.25) is 0 Å². The number of likely N-dealkylation sites (tertiary alicyclic amines) is 1. The van der Waals surface area contributed by atoms with Crippen molar-refractivity contribution in [1.82, 2.24) is 9.47 Å². The van der Waals surface area contributed by atoms with Crippen LogP contribution < -0.4 is 5.43 Å². The second-order valence-electron chi connectivity index (χ2n) is 6.82. The van der Waals surface area contributed by atoms with Gasteiger partial charge >= 0.3 is 0 Å². The third-order valence-corrected chi connectivity index (χ3v) is 5.15. The Labute approximate surface area is 143 Å². The highest BCUT2D eigenvalue weighted by Crippen LogP contribution is 2.24. The third-order valence-electron chi connectivity index (χ3n) is 5.15. The zero-order valence-corrected chi connectivity index (χ0v) is 14.5. The summed E-state index contributed by atoms with van der Waals surface area (Å²) in [7, 11) is 0. The van der Waals surface area contributed by atoms with Crippen molar-refractivity contribution < 1.29 is 5.11 Å². The van der Waals surface area contributed by atoms with Crippen molar-refractivity contribution in [3.8, 4) is 5.75 Å². The summed E-state index contributed by atoms with van der Waals surface area (Å²) >= 11 is 0. The molecule has 1 aromatic heterocycles. The van der Waals surface area contributed by atoms with Gasteiger partial charge in [0.2, 0.25) is 5.43 Å². The van der Waals surface area contributed by atoms with E-state index in [4.69, 9.17) is 0 Å². The molecule has 0 spiro atoms. The predicted molar refractivity (Wildman–Crippen MR) is 96.3 cm³/mol. The first-order valence-corrected chi connectivity index (χ1v) is 8.79. The maximum atomic E-state index is 12.0. The molecular weight excluding hydrogens is 300 g/mol. The van der Waals surface area contributed by atoms with E-state index in [0.717, 1.165) is 24.3 Å². The lowest BCUT2D eigenvalue weighted by atomic mass is 10.0. The molecule has 1 saturated heterocycles. The van der Waals surface area contributed by atoms with Crippen LogP contribution in [0.25, 0.3) is 0 Å². The molecule has 0 bridgehead atoms. The normalized spacial score (nSPS) is 20.0. The lowest BCUT2D eigenvalue weighted by molar-refractivity contribution is 0.148. The van der Waals surface area contributed by atoms with Crippen molar-refractivity contribution in [3.05, 3.63) is 64.1 Å². The highest BCUT2D eigenvalue weighted by Gasteiger charge is 2.21. The highest BCUT2D eigenvalue weighted by atomic mass is 16.3. The monoisotopic (exact) mass is 326 g/mol. The third kappa shape index (κ3) is 3.54. The van der Waals surface area contributed by atoms with Crippen LogP contribution in [0.15, 0.2) is 47.4 Å². The van der Waals surface area contributed by atoms with Gasteiger partial charge in [0.15, 0.2) is 5.75 Å². The Hall–Kier alpha value is -2.07. The van der Waals surface area contributed by atoms with E-state index in [1.165, 1.54) is 19.3 Å². The molecule has 128 valence electrons. The molecule has 1 N–H and O–H groups in total. The van der Waals surface area contributed by atoms with Crippen molar-refractivity contribution in [2.24, 2.45) is 0 Å². The second kappa shape index (κ2) is 7.22. The number of hydrogen-bond donors (Lipinski definition) is 1. The molecular formula is C20H26N2O2. The minimum atomic E-state index is -0.300. The Morgan fingerprint density at radius 1 is 1.25 bits per heavy atom. The van der Waals surface area contributed by atoms with Gasteiger partial charge in [-0.1, -0.05) is 36.8 Å². The fourth-order valence-corrected chi connectivity index (χ4v) is 3.56. The van der Waals surface area contributed by atoms with Gasteiger partial charge < -0.3 is 9.67 Å². The molecule has 0 amide bonds. The summed E-state index contributed by atoms with van der Waals surface area (Å²) < 4.78 is 2.04.